The number of likely N-dealkylation sites (tertiary alicyclic amines) is 1. The van der Waals surface area contributed by atoms with Crippen molar-refractivity contribution in [3.05, 3.63) is 0 Å². The number of carboxylic acid groups (broad SMARTS) is 1. The summed E-state index contributed by atoms with van der Waals surface area (Å²) in [6.45, 7) is 4.93. The molecule has 1 aliphatic rings. The predicted molar refractivity (Wildman–Crippen MR) is 64.6 cm³/mol. The normalized spacial score (nSPS) is 23.9. The molecule has 1 aliphatic heterocycles. The average Bonchev–Trinajstić information content (AvgIpc) is 2.71. The van der Waals surface area contributed by atoms with Gasteiger partial charge in [-0.05, 0) is 18.9 Å². The van der Waals surface area contributed by atoms with Crippen LogP contribution >= 0.6 is 0 Å². The van der Waals surface area contributed by atoms with E-state index >= 15 is 0 Å². The van der Waals surface area contributed by atoms with Crippen molar-refractivity contribution in [2.75, 3.05) is 26.2 Å². The topological polar surface area (TPSA) is 93.4 Å². The van der Waals surface area contributed by atoms with Gasteiger partial charge in [-0.15, -0.1) is 0 Å². The monoisotopic (exact) mass is 253 g/mol. The highest BCUT2D eigenvalue weighted by atomic mass is 16.4. The molecule has 0 aromatic heterocycles. The van der Waals surface area contributed by atoms with Crippen molar-refractivity contribution in [3.63, 3.8) is 0 Å². The van der Waals surface area contributed by atoms with Crippen LogP contribution in [0.1, 0.15) is 20.3 Å². The molecule has 1 rings (SSSR count). The van der Waals surface area contributed by atoms with Crippen LogP contribution in [-0.2, 0) is 9.59 Å². The first kappa shape index (κ1) is 14.5. The summed E-state index contributed by atoms with van der Waals surface area (Å²) in [4.78, 5) is 24.7. The lowest BCUT2D eigenvalue weighted by Gasteiger charge is -2.28. The van der Waals surface area contributed by atoms with Gasteiger partial charge in [0.2, 0.25) is 5.91 Å². The second kappa shape index (κ2) is 5.83. The van der Waals surface area contributed by atoms with E-state index in [1.807, 2.05) is 24.8 Å². The zero-order chi connectivity index (χ0) is 13.8. The molecule has 100 valence electrons. The van der Waals surface area contributed by atoms with E-state index in [2.05, 4.69) is 5.32 Å². The number of amides is 1. The number of rotatable bonds is 5. The summed E-state index contributed by atoms with van der Waals surface area (Å²) in [7, 11) is 0. The van der Waals surface area contributed by atoms with Crippen molar-refractivity contribution >= 4 is 11.9 Å². The van der Waals surface area contributed by atoms with Crippen LogP contribution in [-0.4, -0.2) is 48.1 Å². The maximum atomic E-state index is 11.5. The lowest BCUT2D eigenvalue weighted by atomic mass is 9.76. The Morgan fingerprint density at radius 3 is 2.67 bits per heavy atom. The van der Waals surface area contributed by atoms with Gasteiger partial charge in [-0.3, -0.25) is 14.5 Å². The molecule has 0 aliphatic carbocycles. The van der Waals surface area contributed by atoms with E-state index in [4.69, 9.17) is 5.26 Å². The highest BCUT2D eigenvalue weighted by molar-refractivity contribution is 5.79. The Bertz CT molecular complexity index is 375. The Morgan fingerprint density at radius 1 is 1.56 bits per heavy atom. The summed E-state index contributed by atoms with van der Waals surface area (Å²) in [5.41, 5.74) is -0.754. The number of carbonyl (C=O) groups is 2. The fourth-order valence-electron chi connectivity index (χ4n) is 2.34. The first-order chi connectivity index (χ1) is 8.42. The second-order valence-corrected chi connectivity index (χ2v) is 5.01. The van der Waals surface area contributed by atoms with E-state index in [9.17, 15) is 14.7 Å². The van der Waals surface area contributed by atoms with Gasteiger partial charge in [0.1, 0.15) is 6.54 Å². The van der Waals surface area contributed by atoms with Crippen LogP contribution in [0.5, 0.6) is 0 Å². The average molecular weight is 253 g/mol. The van der Waals surface area contributed by atoms with E-state index in [1.165, 1.54) is 0 Å². The molecular formula is C12H19N3O3. The Balaban J connectivity index is 2.57. The van der Waals surface area contributed by atoms with Gasteiger partial charge in [-0.1, -0.05) is 13.8 Å². The standard InChI is InChI=1S/C12H19N3O3/c1-9(2)12(11(17)18)3-6-15(8-12)7-10(16)14-5-4-13/h9H,3,5-8H2,1-2H3,(H,14,16)(H,17,18). The zero-order valence-electron chi connectivity index (χ0n) is 10.8. The summed E-state index contributed by atoms with van der Waals surface area (Å²) >= 11 is 0. The quantitative estimate of drug-likeness (QED) is 0.676. The molecule has 0 spiro atoms. The molecule has 2 N–H and O–H groups in total. The van der Waals surface area contributed by atoms with Gasteiger partial charge >= 0.3 is 5.97 Å². The molecule has 1 atom stereocenters. The van der Waals surface area contributed by atoms with Crippen LogP contribution in [0.2, 0.25) is 0 Å². The maximum Gasteiger partial charge on any atom is 0.311 e. The molecule has 0 saturated carbocycles. The third-order valence-electron chi connectivity index (χ3n) is 3.64. The number of nitrogens with one attached hydrogen (secondary N) is 1. The largest absolute Gasteiger partial charge is 0.481 e. The van der Waals surface area contributed by atoms with Crippen LogP contribution in [0.15, 0.2) is 0 Å². The Labute approximate surface area is 107 Å². The molecular weight excluding hydrogens is 234 g/mol. The third kappa shape index (κ3) is 2.99. The van der Waals surface area contributed by atoms with Crippen molar-refractivity contribution in [1.29, 1.82) is 5.26 Å². The maximum absolute atomic E-state index is 11.5. The fraction of sp³-hybridized carbons (Fsp3) is 0.750. The highest BCUT2D eigenvalue weighted by Gasteiger charge is 2.47. The van der Waals surface area contributed by atoms with Crippen LogP contribution in [0.25, 0.3) is 0 Å². The lowest BCUT2D eigenvalue weighted by Crippen LogP contribution is -2.42. The zero-order valence-corrected chi connectivity index (χ0v) is 10.8. The van der Waals surface area contributed by atoms with Crippen molar-refractivity contribution in [2.24, 2.45) is 11.3 Å². The number of nitrogens with zero attached hydrogens (tertiary/aromatic N) is 2. The van der Waals surface area contributed by atoms with Crippen LogP contribution in [0.4, 0.5) is 0 Å². The first-order valence-corrected chi connectivity index (χ1v) is 6.02. The van der Waals surface area contributed by atoms with Crippen molar-refractivity contribution in [2.45, 2.75) is 20.3 Å². The molecule has 0 radical (unpaired) electrons. The number of carboxylic acids is 1. The van der Waals surface area contributed by atoms with E-state index in [0.717, 1.165) is 0 Å². The van der Waals surface area contributed by atoms with Crippen LogP contribution in [0.3, 0.4) is 0 Å². The molecule has 18 heavy (non-hydrogen) atoms. The molecule has 1 saturated heterocycles. The Morgan fingerprint density at radius 2 is 2.22 bits per heavy atom. The summed E-state index contributed by atoms with van der Waals surface area (Å²) in [5, 5.41) is 20.2. The van der Waals surface area contributed by atoms with Crippen molar-refractivity contribution in [3.8, 4) is 6.07 Å². The van der Waals surface area contributed by atoms with Crippen molar-refractivity contribution in [1.82, 2.24) is 10.2 Å². The van der Waals surface area contributed by atoms with Gasteiger partial charge in [0, 0.05) is 6.54 Å². The van der Waals surface area contributed by atoms with E-state index < -0.39 is 11.4 Å². The minimum atomic E-state index is -0.794. The molecule has 0 bridgehead atoms. The van der Waals surface area contributed by atoms with Gasteiger partial charge in [-0.2, -0.15) is 5.26 Å². The highest BCUT2D eigenvalue weighted by Crippen LogP contribution is 2.37. The second-order valence-electron chi connectivity index (χ2n) is 5.01. The summed E-state index contributed by atoms with van der Waals surface area (Å²) in [6.07, 6.45) is 0.561. The summed E-state index contributed by atoms with van der Waals surface area (Å²) in [5.74, 6) is -0.999. The van der Waals surface area contributed by atoms with E-state index in [1.54, 1.807) is 0 Å². The van der Waals surface area contributed by atoms with E-state index in [-0.39, 0.29) is 24.9 Å². The Kier molecular flexibility index (Phi) is 4.68. The molecule has 0 aromatic carbocycles. The van der Waals surface area contributed by atoms with Crippen LogP contribution in [0, 0.1) is 22.7 Å². The third-order valence-corrected chi connectivity index (χ3v) is 3.64. The molecule has 0 aromatic rings. The first-order valence-electron chi connectivity index (χ1n) is 6.02. The minimum absolute atomic E-state index is 0.0130. The van der Waals surface area contributed by atoms with Crippen molar-refractivity contribution < 1.29 is 14.7 Å². The number of hydrogen-bond donors (Lipinski definition) is 2. The number of hydrogen-bond acceptors (Lipinski definition) is 4. The smallest absolute Gasteiger partial charge is 0.311 e. The molecule has 6 nitrogen and oxygen atoms in total. The van der Waals surface area contributed by atoms with E-state index in [0.29, 0.717) is 19.5 Å². The molecule has 1 unspecified atom stereocenters. The molecule has 6 heteroatoms. The van der Waals surface area contributed by atoms with Gasteiger partial charge in [0.15, 0.2) is 0 Å². The molecule has 1 amide bonds. The predicted octanol–water partition coefficient (Wildman–Crippen LogP) is 0.0589. The molecule has 1 heterocycles. The number of aliphatic carboxylic acids is 1. The van der Waals surface area contributed by atoms with Gasteiger partial charge in [-0.25, -0.2) is 0 Å². The van der Waals surface area contributed by atoms with Crippen LogP contribution < -0.4 is 5.32 Å². The van der Waals surface area contributed by atoms with Gasteiger partial charge in [0.25, 0.3) is 0 Å². The summed E-state index contributed by atoms with van der Waals surface area (Å²) in [6, 6.07) is 1.83. The fourth-order valence-corrected chi connectivity index (χ4v) is 2.34. The lowest BCUT2D eigenvalue weighted by molar-refractivity contribution is -0.151. The minimum Gasteiger partial charge on any atom is -0.481 e. The Hall–Kier alpha value is -1.61. The van der Waals surface area contributed by atoms with Gasteiger partial charge in [0.05, 0.1) is 18.0 Å². The number of nitriles is 1. The van der Waals surface area contributed by atoms with Gasteiger partial charge < -0.3 is 10.4 Å². The molecule has 1 fully saturated rings. The SMILES string of the molecule is CC(C)C1(C(=O)O)CCN(CC(=O)NCC#N)C1. The summed E-state index contributed by atoms with van der Waals surface area (Å²) < 4.78 is 0. The number of carbonyl (C=O) groups excluding carboxylic acids is 1.